The van der Waals surface area contributed by atoms with E-state index in [1.165, 1.54) is 0 Å². The fourth-order valence-electron chi connectivity index (χ4n) is 1.75. The molecule has 0 N–H and O–H groups in total. The first-order valence-electron chi connectivity index (χ1n) is 5.39. The van der Waals surface area contributed by atoms with E-state index in [1.807, 2.05) is 0 Å². The molecule has 0 bridgehead atoms. The van der Waals surface area contributed by atoms with E-state index in [1.54, 1.807) is 6.07 Å². The van der Waals surface area contributed by atoms with Crippen LogP contribution in [0.1, 0.15) is 11.1 Å². The highest BCUT2D eigenvalue weighted by atomic mass is 19.4. The second-order valence-corrected chi connectivity index (χ2v) is 3.99. The number of nitrogens with zero attached hydrogens (tertiary/aromatic N) is 1. The Labute approximate surface area is 110 Å². The SMILES string of the molecule is N#Cc1ccc(F)cc1-c1ccc(C(F)(F)F)cc1F. The van der Waals surface area contributed by atoms with Crippen molar-refractivity contribution in [3.63, 3.8) is 0 Å². The molecular weight excluding hydrogens is 277 g/mol. The Balaban J connectivity index is 2.61. The van der Waals surface area contributed by atoms with Crippen LogP contribution in [-0.4, -0.2) is 0 Å². The molecule has 6 heteroatoms. The maximum Gasteiger partial charge on any atom is 0.416 e. The number of hydrogen-bond donors (Lipinski definition) is 0. The Hall–Kier alpha value is -2.42. The van der Waals surface area contributed by atoms with E-state index in [2.05, 4.69) is 0 Å². The summed E-state index contributed by atoms with van der Waals surface area (Å²) >= 11 is 0. The van der Waals surface area contributed by atoms with Gasteiger partial charge in [-0.25, -0.2) is 8.78 Å². The molecule has 0 saturated carbocycles. The number of benzene rings is 2. The van der Waals surface area contributed by atoms with Crippen molar-refractivity contribution in [3.8, 4) is 17.2 Å². The van der Waals surface area contributed by atoms with Crippen LogP contribution in [0, 0.1) is 23.0 Å². The van der Waals surface area contributed by atoms with E-state index in [4.69, 9.17) is 5.26 Å². The Kier molecular flexibility index (Phi) is 3.45. The standard InChI is InChI=1S/C14H6F5N/c15-10-3-1-8(7-20)12(6-10)11-4-2-9(5-13(11)16)14(17,18)19/h1-6H. The van der Waals surface area contributed by atoms with Gasteiger partial charge < -0.3 is 0 Å². The third-order valence-corrected chi connectivity index (χ3v) is 2.69. The molecule has 102 valence electrons. The van der Waals surface area contributed by atoms with E-state index in [0.717, 1.165) is 24.3 Å². The quantitative estimate of drug-likeness (QED) is 0.706. The first-order valence-corrected chi connectivity index (χ1v) is 5.39. The lowest BCUT2D eigenvalue weighted by Crippen LogP contribution is -2.05. The molecule has 20 heavy (non-hydrogen) atoms. The van der Waals surface area contributed by atoms with Crippen LogP contribution in [0.3, 0.4) is 0 Å². The van der Waals surface area contributed by atoms with Crippen LogP contribution in [0.2, 0.25) is 0 Å². The molecule has 0 aliphatic carbocycles. The Morgan fingerprint density at radius 2 is 1.60 bits per heavy atom. The largest absolute Gasteiger partial charge is 0.416 e. The fraction of sp³-hybridized carbons (Fsp3) is 0.0714. The van der Waals surface area contributed by atoms with Crippen LogP contribution < -0.4 is 0 Å². The minimum absolute atomic E-state index is 0.0231. The minimum Gasteiger partial charge on any atom is -0.207 e. The lowest BCUT2D eigenvalue weighted by molar-refractivity contribution is -0.137. The maximum atomic E-state index is 13.8. The monoisotopic (exact) mass is 283 g/mol. The van der Waals surface area contributed by atoms with Crippen molar-refractivity contribution in [2.24, 2.45) is 0 Å². The zero-order valence-corrected chi connectivity index (χ0v) is 9.80. The van der Waals surface area contributed by atoms with Crippen molar-refractivity contribution in [2.45, 2.75) is 6.18 Å². The summed E-state index contributed by atoms with van der Waals surface area (Å²) in [6, 6.07) is 6.69. The van der Waals surface area contributed by atoms with Gasteiger partial charge in [0.2, 0.25) is 0 Å². The average Bonchev–Trinajstić information content (AvgIpc) is 2.37. The van der Waals surface area contributed by atoms with Crippen LogP contribution in [0.15, 0.2) is 36.4 Å². The van der Waals surface area contributed by atoms with E-state index in [9.17, 15) is 22.0 Å². The molecule has 2 aromatic carbocycles. The Morgan fingerprint density at radius 3 is 2.15 bits per heavy atom. The van der Waals surface area contributed by atoms with Crippen LogP contribution in [0.25, 0.3) is 11.1 Å². The van der Waals surface area contributed by atoms with Crippen molar-refractivity contribution >= 4 is 0 Å². The molecule has 2 rings (SSSR count). The Bertz CT molecular complexity index is 698. The summed E-state index contributed by atoms with van der Waals surface area (Å²) in [7, 11) is 0. The van der Waals surface area contributed by atoms with E-state index in [0.29, 0.717) is 12.1 Å². The van der Waals surface area contributed by atoms with Gasteiger partial charge in [-0.3, -0.25) is 0 Å². The van der Waals surface area contributed by atoms with Gasteiger partial charge in [-0.2, -0.15) is 18.4 Å². The van der Waals surface area contributed by atoms with Crippen molar-refractivity contribution in [1.29, 1.82) is 5.26 Å². The molecule has 0 unspecified atom stereocenters. The molecule has 0 aliphatic rings. The smallest absolute Gasteiger partial charge is 0.207 e. The van der Waals surface area contributed by atoms with Crippen LogP contribution in [0.5, 0.6) is 0 Å². The molecule has 0 aromatic heterocycles. The van der Waals surface area contributed by atoms with Gasteiger partial charge in [-0.1, -0.05) is 6.07 Å². The molecule has 0 aliphatic heterocycles. The van der Waals surface area contributed by atoms with Gasteiger partial charge in [0.15, 0.2) is 0 Å². The molecule has 0 fully saturated rings. The van der Waals surface area contributed by atoms with E-state index in [-0.39, 0.29) is 16.7 Å². The minimum atomic E-state index is -4.67. The number of rotatable bonds is 1. The number of nitriles is 1. The van der Waals surface area contributed by atoms with Crippen LogP contribution in [-0.2, 0) is 6.18 Å². The molecule has 0 heterocycles. The van der Waals surface area contributed by atoms with Crippen molar-refractivity contribution in [2.75, 3.05) is 0 Å². The number of alkyl halides is 3. The second kappa shape index (κ2) is 4.93. The first kappa shape index (κ1) is 14.0. The Morgan fingerprint density at radius 1 is 0.900 bits per heavy atom. The van der Waals surface area contributed by atoms with Gasteiger partial charge in [-0.15, -0.1) is 0 Å². The third kappa shape index (κ3) is 2.62. The average molecular weight is 283 g/mol. The molecule has 0 amide bonds. The number of hydrogen-bond acceptors (Lipinski definition) is 1. The highest BCUT2D eigenvalue weighted by Crippen LogP contribution is 2.33. The van der Waals surface area contributed by atoms with Crippen molar-refractivity contribution in [3.05, 3.63) is 59.2 Å². The molecule has 0 spiro atoms. The summed E-state index contributed by atoms with van der Waals surface area (Å²) < 4.78 is 64.2. The van der Waals surface area contributed by atoms with Gasteiger partial charge in [0.25, 0.3) is 0 Å². The predicted molar refractivity (Wildman–Crippen MR) is 61.5 cm³/mol. The summed E-state index contributed by atoms with van der Waals surface area (Å²) in [5.74, 6) is -1.87. The molecule has 0 saturated heterocycles. The summed E-state index contributed by atoms with van der Waals surface area (Å²) in [5.41, 5.74) is -1.51. The van der Waals surface area contributed by atoms with Gasteiger partial charge in [0, 0.05) is 11.1 Å². The molecule has 0 atom stereocenters. The van der Waals surface area contributed by atoms with Gasteiger partial charge in [0.1, 0.15) is 11.6 Å². The molecular formula is C14H6F5N. The zero-order chi connectivity index (χ0) is 14.9. The van der Waals surface area contributed by atoms with E-state index < -0.39 is 23.4 Å². The van der Waals surface area contributed by atoms with Crippen molar-refractivity contribution in [1.82, 2.24) is 0 Å². The summed E-state index contributed by atoms with van der Waals surface area (Å²) in [5, 5.41) is 8.87. The predicted octanol–water partition coefficient (Wildman–Crippen LogP) is 4.52. The number of halogens is 5. The summed E-state index contributed by atoms with van der Waals surface area (Å²) in [6.07, 6.45) is -4.67. The molecule has 1 nitrogen and oxygen atoms in total. The van der Waals surface area contributed by atoms with E-state index >= 15 is 0 Å². The summed E-state index contributed by atoms with van der Waals surface area (Å²) in [4.78, 5) is 0. The third-order valence-electron chi connectivity index (χ3n) is 2.69. The first-order chi connectivity index (χ1) is 9.32. The lowest BCUT2D eigenvalue weighted by Gasteiger charge is -2.10. The molecule has 0 radical (unpaired) electrons. The summed E-state index contributed by atoms with van der Waals surface area (Å²) in [6.45, 7) is 0. The second-order valence-electron chi connectivity index (χ2n) is 3.99. The van der Waals surface area contributed by atoms with Gasteiger partial charge >= 0.3 is 6.18 Å². The molecule has 2 aromatic rings. The highest BCUT2D eigenvalue weighted by molar-refractivity contribution is 5.71. The van der Waals surface area contributed by atoms with Gasteiger partial charge in [-0.05, 0) is 30.3 Å². The zero-order valence-electron chi connectivity index (χ0n) is 9.80. The van der Waals surface area contributed by atoms with Crippen LogP contribution in [0.4, 0.5) is 22.0 Å². The normalized spacial score (nSPS) is 11.2. The fourth-order valence-corrected chi connectivity index (χ4v) is 1.75. The highest BCUT2D eigenvalue weighted by Gasteiger charge is 2.31. The topological polar surface area (TPSA) is 23.8 Å². The van der Waals surface area contributed by atoms with Gasteiger partial charge in [0.05, 0.1) is 17.2 Å². The lowest BCUT2D eigenvalue weighted by atomic mass is 9.98. The van der Waals surface area contributed by atoms with Crippen molar-refractivity contribution < 1.29 is 22.0 Å². The van der Waals surface area contributed by atoms with Crippen LogP contribution >= 0.6 is 0 Å². The maximum absolute atomic E-state index is 13.8.